The first-order chi connectivity index (χ1) is 10.8. The fourth-order valence-electron chi connectivity index (χ4n) is 3.06. The maximum Gasteiger partial charge on any atom is 0.191 e. The topological polar surface area (TPSA) is 56.7 Å². The highest BCUT2D eigenvalue weighted by Gasteiger charge is 2.16. The number of benzene rings is 1. The SMILES string of the molecule is CCCCCNC(=NC)NCc1c(O)ccc2c1CCCC2. The molecule has 4 nitrogen and oxygen atoms in total. The van der Waals surface area contributed by atoms with Crippen LogP contribution < -0.4 is 10.6 Å². The van der Waals surface area contributed by atoms with Crippen molar-refractivity contribution < 1.29 is 5.11 Å². The molecule has 22 heavy (non-hydrogen) atoms. The van der Waals surface area contributed by atoms with Crippen LogP contribution in [0.1, 0.15) is 55.7 Å². The zero-order valence-corrected chi connectivity index (χ0v) is 13.9. The molecule has 0 unspecified atom stereocenters. The Balaban J connectivity index is 1.95. The van der Waals surface area contributed by atoms with E-state index in [2.05, 4.69) is 28.6 Å². The van der Waals surface area contributed by atoms with Gasteiger partial charge in [0.1, 0.15) is 5.75 Å². The minimum absolute atomic E-state index is 0.398. The summed E-state index contributed by atoms with van der Waals surface area (Å²) in [6.45, 7) is 3.77. The van der Waals surface area contributed by atoms with E-state index in [-0.39, 0.29) is 0 Å². The van der Waals surface area contributed by atoms with E-state index in [9.17, 15) is 5.11 Å². The molecule has 0 aromatic heterocycles. The number of hydrogen-bond acceptors (Lipinski definition) is 2. The number of unbranched alkanes of at least 4 members (excludes halogenated alkanes) is 2. The fraction of sp³-hybridized carbons (Fsp3) is 0.611. The summed E-state index contributed by atoms with van der Waals surface area (Å²) in [5.74, 6) is 1.21. The van der Waals surface area contributed by atoms with Gasteiger partial charge in [0.15, 0.2) is 5.96 Å². The van der Waals surface area contributed by atoms with E-state index >= 15 is 0 Å². The minimum atomic E-state index is 0.398. The second kappa shape index (κ2) is 8.66. The van der Waals surface area contributed by atoms with Crippen molar-refractivity contribution in [2.75, 3.05) is 13.6 Å². The third kappa shape index (κ3) is 4.39. The number of phenols is 1. The summed E-state index contributed by atoms with van der Waals surface area (Å²) in [6, 6.07) is 3.91. The van der Waals surface area contributed by atoms with Gasteiger partial charge in [-0.05, 0) is 49.3 Å². The van der Waals surface area contributed by atoms with Crippen LogP contribution >= 0.6 is 0 Å². The van der Waals surface area contributed by atoms with Crippen molar-refractivity contribution in [1.82, 2.24) is 10.6 Å². The van der Waals surface area contributed by atoms with Gasteiger partial charge in [0.25, 0.3) is 0 Å². The highest BCUT2D eigenvalue weighted by molar-refractivity contribution is 5.79. The van der Waals surface area contributed by atoms with Crippen LogP contribution in [0.15, 0.2) is 17.1 Å². The Hall–Kier alpha value is -1.71. The van der Waals surface area contributed by atoms with Crippen molar-refractivity contribution in [2.45, 2.75) is 58.4 Å². The van der Waals surface area contributed by atoms with Crippen LogP contribution in [0, 0.1) is 0 Å². The lowest BCUT2D eigenvalue weighted by Gasteiger charge is -2.21. The number of hydrogen-bond donors (Lipinski definition) is 3. The number of nitrogens with zero attached hydrogens (tertiary/aromatic N) is 1. The summed E-state index contributed by atoms with van der Waals surface area (Å²) in [6.07, 6.45) is 8.28. The molecule has 0 spiro atoms. The lowest BCUT2D eigenvalue weighted by molar-refractivity contribution is 0.464. The number of aromatic hydroxyl groups is 1. The molecule has 0 bridgehead atoms. The van der Waals surface area contributed by atoms with E-state index in [4.69, 9.17) is 0 Å². The third-order valence-electron chi connectivity index (χ3n) is 4.36. The summed E-state index contributed by atoms with van der Waals surface area (Å²) in [4.78, 5) is 4.26. The first-order valence-electron chi connectivity index (χ1n) is 8.53. The maximum absolute atomic E-state index is 10.2. The average molecular weight is 303 g/mol. The Morgan fingerprint density at radius 3 is 2.77 bits per heavy atom. The van der Waals surface area contributed by atoms with Gasteiger partial charge in [0, 0.05) is 25.7 Å². The van der Waals surface area contributed by atoms with Crippen LogP contribution in [0.25, 0.3) is 0 Å². The zero-order chi connectivity index (χ0) is 15.8. The standard InChI is InChI=1S/C18H29N3O/c1-3-4-7-12-20-18(19-2)21-13-16-15-9-6-5-8-14(15)10-11-17(16)22/h10-11,22H,3-9,12-13H2,1-2H3,(H2,19,20,21). The number of aryl methyl sites for hydroxylation is 1. The molecule has 0 radical (unpaired) electrons. The van der Waals surface area contributed by atoms with Gasteiger partial charge in [-0.1, -0.05) is 25.8 Å². The number of aliphatic imine (C=N–C) groups is 1. The number of phenolic OH excluding ortho intramolecular Hbond substituents is 1. The van der Waals surface area contributed by atoms with E-state index < -0.39 is 0 Å². The highest BCUT2D eigenvalue weighted by atomic mass is 16.3. The lowest BCUT2D eigenvalue weighted by Crippen LogP contribution is -2.37. The molecule has 1 aliphatic carbocycles. The predicted molar refractivity (Wildman–Crippen MR) is 92.5 cm³/mol. The van der Waals surface area contributed by atoms with Crippen LogP contribution in [0.3, 0.4) is 0 Å². The quantitative estimate of drug-likeness (QED) is 0.430. The van der Waals surface area contributed by atoms with Gasteiger partial charge in [0.2, 0.25) is 0 Å². The second-order valence-electron chi connectivity index (χ2n) is 5.97. The molecule has 1 aliphatic rings. The van der Waals surface area contributed by atoms with Gasteiger partial charge in [-0.2, -0.15) is 0 Å². The molecule has 0 heterocycles. The van der Waals surface area contributed by atoms with Crippen molar-refractivity contribution in [1.29, 1.82) is 0 Å². The summed E-state index contributed by atoms with van der Waals surface area (Å²) in [5, 5.41) is 16.9. The number of rotatable bonds is 6. The Labute approximate surface area is 134 Å². The Bertz CT molecular complexity index is 511. The molecule has 4 heteroatoms. The summed E-state index contributed by atoms with van der Waals surface area (Å²) >= 11 is 0. The average Bonchev–Trinajstić information content (AvgIpc) is 2.55. The normalized spacial score (nSPS) is 14.5. The maximum atomic E-state index is 10.2. The first kappa shape index (κ1) is 16.7. The molecule has 0 amide bonds. The van der Waals surface area contributed by atoms with Gasteiger partial charge in [-0.3, -0.25) is 4.99 Å². The largest absolute Gasteiger partial charge is 0.508 e. The van der Waals surface area contributed by atoms with Crippen molar-refractivity contribution in [3.63, 3.8) is 0 Å². The Kier molecular flexibility index (Phi) is 6.56. The molecule has 0 saturated carbocycles. The number of guanidine groups is 1. The smallest absolute Gasteiger partial charge is 0.191 e. The van der Waals surface area contributed by atoms with E-state index in [1.807, 2.05) is 6.07 Å². The first-order valence-corrected chi connectivity index (χ1v) is 8.53. The summed E-state index contributed by atoms with van der Waals surface area (Å²) in [5.41, 5.74) is 3.76. The molecule has 0 atom stereocenters. The van der Waals surface area contributed by atoms with Crippen LogP contribution in [-0.2, 0) is 19.4 Å². The predicted octanol–water partition coefficient (Wildman–Crippen LogP) is 3.13. The van der Waals surface area contributed by atoms with E-state index in [1.165, 1.54) is 36.8 Å². The molecule has 0 aliphatic heterocycles. The second-order valence-corrected chi connectivity index (χ2v) is 5.97. The van der Waals surface area contributed by atoms with Gasteiger partial charge < -0.3 is 15.7 Å². The van der Waals surface area contributed by atoms with Crippen molar-refractivity contribution in [2.24, 2.45) is 4.99 Å². The van der Waals surface area contributed by atoms with Gasteiger partial charge >= 0.3 is 0 Å². The molecule has 0 saturated heterocycles. The number of nitrogens with one attached hydrogen (secondary N) is 2. The van der Waals surface area contributed by atoms with Crippen LogP contribution in [0.2, 0.25) is 0 Å². The highest BCUT2D eigenvalue weighted by Crippen LogP contribution is 2.30. The molecule has 0 fully saturated rings. The van der Waals surface area contributed by atoms with Crippen LogP contribution in [-0.4, -0.2) is 24.7 Å². The van der Waals surface area contributed by atoms with Crippen LogP contribution in [0.4, 0.5) is 0 Å². The van der Waals surface area contributed by atoms with Crippen molar-refractivity contribution in [3.05, 3.63) is 28.8 Å². The lowest BCUT2D eigenvalue weighted by atomic mass is 9.88. The molecule has 1 aromatic rings. The summed E-state index contributed by atoms with van der Waals surface area (Å²) < 4.78 is 0. The van der Waals surface area contributed by atoms with Gasteiger partial charge in [-0.15, -0.1) is 0 Å². The van der Waals surface area contributed by atoms with E-state index in [0.717, 1.165) is 37.3 Å². The molecule has 2 rings (SSSR count). The molecular weight excluding hydrogens is 274 g/mol. The minimum Gasteiger partial charge on any atom is -0.508 e. The van der Waals surface area contributed by atoms with Crippen LogP contribution in [0.5, 0.6) is 5.75 Å². The summed E-state index contributed by atoms with van der Waals surface area (Å²) in [7, 11) is 1.79. The molecule has 122 valence electrons. The Morgan fingerprint density at radius 2 is 2.00 bits per heavy atom. The molecule has 1 aromatic carbocycles. The van der Waals surface area contributed by atoms with Crippen molar-refractivity contribution >= 4 is 5.96 Å². The van der Waals surface area contributed by atoms with E-state index in [0.29, 0.717) is 12.3 Å². The molecule has 3 N–H and O–H groups in total. The third-order valence-corrected chi connectivity index (χ3v) is 4.36. The zero-order valence-electron chi connectivity index (χ0n) is 13.9. The van der Waals surface area contributed by atoms with E-state index in [1.54, 1.807) is 7.05 Å². The molecular formula is C18H29N3O. The van der Waals surface area contributed by atoms with Gasteiger partial charge in [-0.25, -0.2) is 0 Å². The van der Waals surface area contributed by atoms with Gasteiger partial charge in [0.05, 0.1) is 0 Å². The monoisotopic (exact) mass is 303 g/mol. The number of fused-ring (bicyclic) bond motifs is 1. The van der Waals surface area contributed by atoms with Crippen molar-refractivity contribution in [3.8, 4) is 5.75 Å². The fourth-order valence-corrected chi connectivity index (χ4v) is 3.06. The Morgan fingerprint density at radius 1 is 1.18 bits per heavy atom.